The van der Waals surface area contributed by atoms with Crippen LogP contribution in [0.1, 0.15) is 5.56 Å². The summed E-state index contributed by atoms with van der Waals surface area (Å²) in [5.74, 6) is -0.189. The van der Waals surface area contributed by atoms with E-state index < -0.39 is 23.6 Å². The molecule has 0 bridgehead atoms. The van der Waals surface area contributed by atoms with Crippen molar-refractivity contribution in [1.82, 2.24) is 9.80 Å². The van der Waals surface area contributed by atoms with Gasteiger partial charge in [0.15, 0.2) is 6.61 Å². The Hall–Kier alpha value is -3.83. The number of hydrogen-bond acceptors (Lipinski definition) is 8. The molecule has 11 heteroatoms. The first kappa shape index (κ1) is 25.3. The number of hydrogen-bond donors (Lipinski definition) is 1. The van der Waals surface area contributed by atoms with Gasteiger partial charge < -0.3 is 24.4 Å². The van der Waals surface area contributed by atoms with Crippen molar-refractivity contribution in [3.05, 3.63) is 59.0 Å². The molecule has 0 saturated carbocycles. The first-order valence-corrected chi connectivity index (χ1v) is 12.0. The smallest absolute Gasteiger partial charge is 0.294 e. The monoisotopic (exact) mass is 511 g/mol. The molecule has 2 fully saturated rings. The maximum absolute atomic E-state index is 12.8. The first-order chi connectivity index (χ1) is 17.4. The van der Waals surface area contributed by atoms with Crippen LogP contribution in [0.3, 0.4) is 0 Å². The number of ether oxygens (including phenoxy) is 3. The van der Waals surface area contributed by atoms with Crippen LogP contribution in [0, 0.1) is 0 Å². The zero-order chi connectivity index (χ0) is 25.5. The van der Waals surface area contributed by atoms with Gasteiger partial charge in [-0.15, -0.1) is 0 Å². The van der Waals surface area contributed by atoms with E-state index in [1.807, 2.05) is 0 Å². The van der Waals surface area contributed by atoms with Gasteiger partial charge in [-0.25, -0.2) is 0 Å². The summed E-state index contributed by atoms with van der Waals surface area (Å²) in [6.45, 7) is 1.67. The topological polar surface area (TPSA) is 114 Å². The van der Waals surface area contributed by atoms with Crippen LogP contribution in [0.25, 0.3) is 6.08 Å². The molecule has 2 aromatic rings. The third-order valence-electron chi connectivity index (χ3n) is 5.46. The van der Waals surface area contributed by atoms with Gasteiger partial charge >= 0.3 is 0 Å². The van der Waals surface area contributed by atoms with Crippen LogP contribution in [-0.2, 0) is 19.1 Å². The van der Waals surface area contributed by atoms with Crippen molar-refractivity contribution in [2.24, 2.45) is 0 Å². The number of carbonyl (C=O) groups excluding carboxylic acids is 4. The quantitative estimate of drug-likeness (QED) is 0.538. The third kappa shape index (κ3) is 6.23. The number of anilines is 1. The van der Waals surface area contributed by atoms with E-state index in [9.17, 15) is 19.2 Å². The minimum absolute atomic E-state index is 0.0743. The lowest BCUT2D eigenvalue weighted by Crippen LogP contribution is -2.42. The number of amides is 4. The van der Waals surface area contributed by atoms with E-state index in [0.29, 0.717) is 49.1 Å². The van der Waals surface area contributed by atoms with Gasteiger partial charge in [0, 0.05) is 13.1 Å². The number of carbonyl (C=O) groups is 4. The van der Waals surface area contributed by atoms with Crippen LogP contribution in [0.2, 0.25) is 0 Å². The molecule has 2 saturated heterocycles. The summed E-state index contributed by atoms with van der Waals surface area (Å²) in [6.07, 6.45) is 1.58. The zero-order valence-corrected chi connectivity index (χ0v) is 20.4. The van der Waals surface area contributed by atoms with Crippen LogP contribution < -0.4 is 14.8 Å². The van der Waals surface area contributed by atoms with E-state index in [4.69, 9.17) is 14.2 Å². The van der Waals surface area contributed by atoms with Gasteiger partial charge in [-0.05, 0) is 47.7 Å². The Labute approximate surface area is 212 Å². The molecule has 2 heterocycles. The maximum Gasteiger partial charge on any atom is 0.294 e. The van der Waals surface area contributed by atoms with Crippen molar-refractivity contribution in [2.75, 3.05) is 51.9 Å². The van der Waals surface area contributed by atoms with Gasteiger partial charge in [0.2, 0.25) is 5.91 Å². The Kier molecular flexibility index (Phi) is 8.24. The number of imide groups is 1. The average Bonchev–Trinajstić information content (AvgIpc) is 3.16. The predicted octanol–water partition coefficient (Wildman–Crippen LogP) is 2.61. The summed E-state index contributed by atoms with van der Waals surface area (Å²) in [7, 11) is 1.48. The Morgan fingerprint density at radius 2 is 1.81 bits per heavy atom. The minimum atomic E-state index is -0.545. The van der Waals surface area contributed by atoms with E-state index in [-0.39, 0.29) is 17.4 Å². The second kappa shape index (κ2) is 11.7. The number of thioether (sulfide) groups is 1. The molecule has 0 aliphatic carbocycles. The van der Waals surface area contributed by atoms with Gasteiger partial charge in [0.05, 0.1) is 30.9 Å². The molecule has 0 radical (unpaired) electrons. The van der Waals surface area contributed by atoms with Gasteiger partial charge in [0.1, 0.15) is 18.0 Å². The van der Waals surface area contributed by atoms with Gasteiger partial charge in [-0.1, -0.05) is 24.3 Å². The lowest BCUT2D eigenvalue weighted by Gasteiger charge is -2.26. The van der Waals surface area contributed by atoms with Crippen molar-refractivity contribution in [3.63, 3.8) is 0 Å². The fourth-order valence-electron chi connectivity index (χ4n) is 3.58. The van der Waals surface area contributed by atoms with Crippen LogP contribution in [-0.4, -0.2) is 79.3 Å². The van der Waals surface area contributed by atoms with Crippen LogP contribution in [0.15, 0.2) is 53.4 Å². The highest BCUT2D eigenvalue weighted by molar-refractivity contribution is 8.18. The second-order valence-electron chi connectivity index (χ2n) is 7.87. The molecule has 0 unspecified atom stereocenters. The number of para-hydroxylation sites is 2. The molecular weight excluding hydrogens is 486 g/mol. The summed E-state index contributed by atoms with van der Waals surface area (Å²) < 4.78 is 16.0. The summed E-state index contributed by atoms with van der Waals surface area (Å²) in [6, 6.07) is 13.7. The lowest BCUT2D eigenvalue weighted by atomic mass is 10.2. The van der Waals surface area contributed by atoms with Crippen molar-refractivity contribution in [3.8, 4) is 11.5 Å². The number of morpholine rings is 1. The van der Waals surface area contributed by atoms with Crippen LogP contribution >= 0.6 is 11.8 Å². The summed E-state index contributed by atoms with van der Waals surface area (Å²) in [5.41, 5.74) is 1.12. The van der Waals surface area contributed by atoms with Gasteiger partial charge in [-0.3, -0.25) is 24.1 Å². The molecule has 36 heavy (non-hydrogen) atoms. The average molecular weight is 512 g/mol. The molecule has 1 N–H and O–H groups in total. The third-order valence-corrected chi connectivity index (χ3v) is 6.37. The van der Waals surface area contributed by atoms with Crippen molar-refractivity contribution >= 4 is 46.5 Å². The summed E-state index contributed by atoms with van der Waals surface area (Å²) in [5, 5.41) is 2.13. The van der Waals surface area contributed by atoms with Gasteiger partial charge in [0.25, 0.3) is 17.1 Å². The standard InChI is InChI=1S/C25H25N3O7S/c1-33-20-5-3-2-4-19(20)26-22(29)15-28-24(31)21(36-25(28)32)14-17-6-8-18(9-7-17)35-16-23(30)27-10-12-34-13-11-27/h2-9,14H,10-13,15-16H2,1H3,(H,26,29)/b21-14+. The number of nitrogens with one attached hydrogen (secondary N) is 1. The molecule has 188 valence electrons. The molecule has 0 atom stereocenters. The summed E-state index contributed by atoms with van der Waals surface area (Å²) in [4.78, 5) is 52.6. The summed E-state index contributed by atoms with van der Waals surface area (Å²) >= 11 is 0.769. The predicted molar refractivity (Wildman–Crippen MR) is 134 cm³/mol. The fourth-order valence-corrected chi connectivity index (χ4v) is 4.42. The van der Waals surface area contributed by atoms with Crippen molar-refractivity contribution in [1.29, 1.82) is 0 Å². The highest BCUT2D eigenvalue weighted by Gasteiger charge is 2.36. The molecule has 4 amide bonds. The number of benzene rings is 2. The van der Waals surface area contributed by atoms with Crippen LogP contribution in [0.5, 0.6) is 11.5 Å². The number of rotatable bonds is 8. The van der Waals surface area contributed by atoms with E-state index in [1.54, 1.807) is 59.5 Å². The molecule has 4 rings (SSSR count). The first-order valence-electron chi connectivity index (χ1n) is 11.2. The minimum Gasteiger partial charge on any atom is -0.495 e. The highest BCUT2D eigenvalue weighted by Crippen LogP contribution is 2.32. The molecule has 2 aliphatic heterocycles. The lowest BCUT2D eigenvalue weighted by molar-refractivity contribution is -0.137. The molecule has 2 aromatic carbocycles. The van der Waals surface area contributed by atoms with Crippen molar-refractivity contribution < 1.29 is 33.4 Å². The molecular formula is C25H25N3O7S. The van der Waals surface area contributed by atoms with E-state index in [0.717, 1.165) is 16.7 Å². The van der Waals surface area contributed by atoms with Crippen molar-refractivity contribution in [2.45, 2.75) is 0 Å². The van der Waals surface area contributed by atoms with Gasteiger partial charge in [-0.2, -0.15) is 0 Å². The largest absolute Gasteiger partial charge is 0.495 e. The Balaban J connectivity index is 1.32. The molecule has 10 nitrogen and oxygen atoms in total. The van der Waals surface area contributed by atoms with E-state index >= 15 is 0 Å². The normalized spacial score (nSPS) is 16.9. The zero-order valence-electron chi connectivity index (χ0n) is 19.6. The number of methoxy groups -OCH3 is 1. The molecule has 0 spiro atoms. The SMILES string of the molecule is COc1ccccc1NC(=O)CN1C(=O)S/C(=C/c2ccc(OCC(=O)N3CCOCC3)cc2)C1=O. The van der Waals surface area contributed by atoms with E-state index in [1.165, 1.54) is 7.11 Å². The Bertz CT molecular complexity index is 1180. The maximum atomic E-state index is 12.8. The Morgan fingerprint density at radius 1 is 1.08 bits per heavy atom. The molecule has 2 aliphatic rings. The number of nitrogens with zero attached hydrogens (tertiary/aromatic N) is 2. The molecule has 0 aromatic heterocycles. The fraction of sp³-hybridized carbons (Fsp3) is 0.280. The Morgan fingerprint density at radius 3 is 2.53 bits per heavy atom. The van der Waals surface area contributed by atoms with E-state index in [2.05, 4.69) is 5.32 Å². The highest BCUT2D eigenvalue weighted by atomic mass is 32.2. The second-order valence-corrected chi connectivity index (χ2v) is 8.86. The van der Waals surface area contributed by atoms with Crippen LogP contribution in [0.4, 0.5) is 10.5 Å².